The first-order valence-electron chi connectivity index (χ1n) is 6.72. The molecule has 1 saturated heterocycles. The van der Waals surface area contributed by atoms with E-state index < -0.39 is 6.36 Å². The molecule has 0 radical (unpaired) electrons. The van der Waals surface area contributed by atoms with Gasteiger partial charge in [0.15, 0.2) is 0 Å². The molecule has 1 aromatic carbocycles. The van der Waals surface area contributed by atoms with E-state index >= 15 is 0 Å². The molecule has 0 spiro atoms. The van der Waals surface area contributed by atoms with Crippen molar-refractivity contribution in [2.24, 2.45) is 0 Å². The Morgan fingerprint density at radius 3 is 2.30 bits per heavy atom. The topological polar surface area (TPSA) is 15.7 Å². The average molecular weight is 288 g/mol. The van der Waals surface area contributed by atoms with E-state index in [0.29, 0.717) is 0 Å². The number of hydrogen-bond acceptors (Lipinski definition) is 3. The molecule has 1 aliphatic heterocycles. The molecular formula is C14H19F3N2O. The second-order valence-corrected chi connectivity index (χ2v) is 4.97. The minimum absolute atomic E-state index is 0.148. The van der Waals surface area contributed by atoms with Gasteiger partial charge in [-0.05, 0) is 31.2 Å². The SMILES string of the molecule is CCN1CCN(c2cc(C)cc(OC(F)(F)F)c2)CC1. The van der Waals surface area contributed by atoms with E-state index in [1.807, 2.05) is 6.07 Å². The summed E-state index contributed by atoms with van der Waals surface area (Å²) in [5.74, 6) is -0.148. The first kappa shape index (κ1) is 15.0. The van der Waals surface area contributed by atoms with Gasteiger partial charge in [-0.2, -0.15) is 0 Å². The number of rotatable bonds is 3. The van der Waals surface area contributed by atoms with Gasteiger partial charge in [-0.15, -0.1) is 13.2 Å². The van der Waals surface area contributed by atoms with Crippen LogP contribution in [0.1, 0.15) is 12.5 Å². The maximum Gasteiger partial charge on any atom is 0.573 e. The zero-order chi connectivity index (χ0) is 14.8. The summed E-state index contributed by atoms with van der Waals surface area (Å²) >= 11 is 0. The lowest BCUT2D eigenvalue weighted by atomic mass is 10.1. The van der Waals surface area contributed by atoms with Gasteiger partial charge in [0.2, 0.25) is 0 Å². The normalized spacial score (nSPS) is 17.4. The number of likely N-dealkylation sites (N-methyl/N-ethyl adjacent to an activating group) is 1. The summed E-state index contributed by atoms with van der Waals surface area (Å²) in [6.07, 6.45) is -4.65. The van der Waals surface area contributed by atoms with E-state index in [4.69, 9.17) is 0 Å². The number of alkyl halides is 3. The van der Waals surface area contributed by atoms with E-state index in [9.17, 15) is 13.2 Å². The van der Waals surface area contributed by atoms with Gasteiger partial charge in [0, 0.05) is 37.9 Å². The van der Waals surface area contributed by atoms with E-state index in [1.54, 1.807) is 6.92 Å². The molecule has 0 aromatic heterocycles. The smallest absolute Gasteiger partial charge is 0.406 e. The lowest BCUT2D eigenvalue weighted by Crippen LogP contribution is -2.46. The first-order valence-corrected chi connectivity index (χ1v) is 6.72. The van der Waals surface area contributed by atoms with Crippen LogP contribution in [0.4, 0.5) is 18.9 Å². The van der Waals surface area contributed by atoms with E-state index in [1.165, 1.54) is 12.1 Å². The van der Waals surface area contributed by atoms with Crippen molar-refractivity contribution in [2.45, 2.75) is 20.2 Å². The third kappa shape index (κ3) is 4.03. The zero-order valence-corrected chi connectivity index (χ0v) is 11.7. The molecule has 0 N–H and O–H groups in total. The highest BCUT2D eigenvalue weighted by atomic mass is 19.4. The van der Waals surface area contributed by atoms with E-state index in [2.05, 4.69) is 21.5 Å². The van der Waals surface area contributed by atoms with Crippen molar-refractivity contribution >= 4 is 5.69 Å². The molecule has 1 aromatic rings. The van der Waals surface area contributed by atoms with Gasteiger partial charge in [-0.3, -0.25) is 0 Å². The fraction of sp³-hybridized carbons (Fsp3) is 0.571. The Bertz CT molecular complexity index is 454. The van der Waals surface area contributed by atoms with Crippen LogP contribution in [-0.4, -0.2) is 44.0 Å². The molecule has 2 rings (SSSR count). The van der Waals surface area contributed by atoms with Crippen molar-refractivity contribution in [3.05, 3.63) is 23.8 Å². The Morgan fingerprint density at radius 1 is 1.10 bits per heavy atom. The van der Waals surface area contributed by atoms with Crippen LogP contribution in [0.15, 0.2) is 18.2 Å². The summed E-state index contributed by atoms with van der Waals surface area (Å²) in [6, 6.07) is 4.76. The molecule has 1 heterocycles. The molecule has 3 nitrogen and oxygen atoms in total. The van der Waals surface area contributed by atoms with Crippen molar-refractivity contribution in [3.63, 3.8) is 0 Å². The molecule has 0 saturated carbocycles. The fourth-order valence-corrected chi connectivity index (χ4v) is 2.43. The zero-order valence-electron chi connectivity index (χ0n) is 11.7. The first-order chi connectivity index (χ1) is 9.37. The lowest BCUT2D eigenvalue weighted by molar-refractivity contribution is -0.274. The highest BCUT2D eigenvalue weighted by molar-refractivity contribution is 5.53. The predicted molar refractivity (Wildman–Crippen MR) is 72.2 cm³/mol. The maximum atomic E-state index is 12.3. The Hall–Kier alpha value is -1.43. The minimum atomic E-state index is -4.65. The van der Waals surface area contributed by atoms with Crippen molar-refractivity contribution in [1.29, 1.82) is 0 Å². The van der Waals surface area contributed by atoms with E-state index in [0.717, 1.165) is 44.0 Å². The third-order valence-corrected chi connectivity index (χ3v) is 3.45. The number of anilines is 1. The highest BCUT2D eigenvalue weighted by Crippen LogP contribution is 2.29. The second-order valence-electron chi connectivity index (χ2n) is 4.97. The average Bonchev–Trinajstić information content (AvgIpc) is 2.36. The number of nitrogens with zero attached hydrogens (tertiary/aromatic N) is 2. The molecule has 0 aliphatic carbocycles. The van der Waals surface area contributed by atoms with Crippen molar-refractivity contribution in [1.82, 2.24) is 4.90 Å². The van der Waals surface area contributed by atoms with Crippen LogP contribution >= 0.6 is 0 Å². The fourth-order valence-electron chi connectivity index (χ4n) is 2.43. The number of hydrogen-bond donors (Lipinski definition) is 0. The standard InChI is InChI=1S/C14H19F3N2O/c1-3-18-4-6-19(7-5-18)12-8-11(2)9-13(10-12)20-14(15,16)17/h8-10H,3-7H2,1-2H3. The van der Waals surface area contributed by atoms with Crippen LogP contribution in [0.5, 0.6) is 5.75 Å². The number of halogens is 3. The van der Waals surface area contributed by atoms with Gasteiger partial charge in [0.05, 0.1) is 0 Å². The van der Waals surface area contributed by atoms with Crippen molar-refractivity contribution in [2.75, 3.05) is 37.6 Å². The summed E-state index contributed by atoms with van der Waals surface area (Å²) < 4.78 is 40.9. The summed E-state index contributed by atoms with van der Waals surface area (Å²) in [7, 11) is 0. The van der Waals surface area contributed by atoms with Crippen LogP contribution in [-0.2, 0) is 0 Å². The van der Waals surface area contributed by atoms with Crippen LogP contribution in [0.2, 0.25) is 0 Å². The van der Waals surface area contributed by atoms with Crippen molar-refractivity contribution < 1.29 is 17.9 Å². The summed E-state index contributed by atoms with van der Waals surface area (Å²) in [6.45, 7) is 8.39. The number of ether oxygens (including phenoxy) is 1. The Balaban J connectivity index is 2.12. The lowest BCUT2D eigenvalue weighted by Gasteiger charge is -2.35. The van der Waals surface area contributed by atoms with Gasteiger partial charge < -0.3 is 14.5 Å². The van der Waals surface area contributed by atoms with Crippen LogP contribution in [0.3, 0.4) is 0 Å². The van der Waals surface area contributed by atoms with Gasteiger partial charge in [-0.25, -0.2) is 0 Å². The van der Waals surface area contributed by atoms with Gasteiger partial charge in [-0.1, -0.05) is 6.92 Å². The van der Waals surface area contributed by atoms with Crippen molar-refractivity contribution in [3.8, 4) is 5.75 Å². The number of benzene rings is 1. The monoisotopic (exact) mass is 288 g/mol. The molecule has 0 atom stereocenters. The molecule has 1 fully saturated rings. The van der Waals surface area contributed by atoms with Crippen LogP contribution in [0, 0.1) is 6.92 Å². The summed E-state index contributed by atoms with van der Waals surface area (Å²) in [5, 5.41) is 0. The highest BCUT2D eigenvalue weighted by Gasteiger charge is 2.31. The number of piperazine rings is 1. The predicted octanol–water partition coefficient (Wildman–Crippen LogP) is 3.04. The van der Waals surface area contributed by atoms with Gasteiger partial charge in [0.25, 0.3) is 0 Å². The molecule has 112 valence electrons. The summed E-state index contributed by atoms with van der Waals surface area (Å²) in [4.78, 5) is 4.42. The maximum absolute atomic E-state index is 12.3. The molecule has 20 heavy (non-hydrogen) atoms. The van der Waals surface area contributed by atoms with Gasteiger partial charge in [0.1, 0.15) is 5.75 Å². The summed E-state index contributed by atoms with van der Waals surface area (Å²) in [5.41, 5.74) is 1.56. The molecule has 0 unspecified atom stereocenters. The Labute approximate surface area is 116 Å². The Morgan fingerprint density at radius 2 is 1.75 bits per heavy atom. The Kier molecular flexibility index (Phi) is 4.42. The third-order valence-electron chi connectivity index (χ3n) is 3.45. The number of aryl methyl sites for hydroxylation is 1. The van der Waals surface area contributed by atoms with E-state index in [-0.39, 0.29) is 5.75 Å². The molecule has 6 heteroatoms. The molecule has 0 bridgehead atoms. The molecular weight excluding hydrogens is 269 g/mol. The van der Waals surface area contributed by atoms with Crippen LogP contribution < -0.4 is 9.64 Å². The largest absolute Gasteiger partial charge is 0.573 e. The van der Waals surface area contributed by atoms with Crippen LogP contribution in [0.25, 0.3) is 0 Å². The molecule has 0 amide bonds. The molecule has 1 aliphatic rings. The second kappa shape index (κ2) is 5.91. The minimum Gasteiger partial charge on any atom is -0.406 e. The quantitative estimate of drug-likeness (QED) is 0.850. The van der Waals surface area contributed by atoms with Gasteiger partial charge >= 0.3 is 6.36 Å².